The van der Waals surface area contributed by atoms with Gasteiger partial charge in [0.05, 0.1) is 13.2 Å². The summed E-state index contributed by atoms with van der Waals surface area (Å²) in [5.41, 5.74) is -0.314. The van der Waals surface area contributed by atoms with Gasteiger partial charge in [-0.15, -0.1) is 0 Å². The van der Waals surface area contributed by atoms with Crippen molar-refractivity contribution >= 4 is 29.5 Å². The number of rotatable bonds is 18. The minimum absolute atomic E-state index is 0.164. The van der Waals surface area contributed by atoms with Crippen LogP contribution < -0.4 is 0 Å². The van der Waals surface area contributed by atoms with Crippen molar-refractivity contribution < 1.29 is 45.6 Å². The van der Waals surface area contributed by atoms with Gasteiger partial charge in [-0.1, -0.05) is 13.2 Å². The molecular formula is C19H36O10Si2. The average Bonchev–Trinajstić information content (AvgIpc) is 2.79. The maximum atomic E-state index is 11.6. The first kappa shape index (κ1) is 29.6. The first-order valence-corrected chi connectivity index (χ1v) is 13.5. The van der Waals surface area contributed by atoms with Gasteiger partial charge in [-0.2, -0.15) is 0 Å². The molecule has 0 saturated heterocycles. The second-order valence-electron chi connectivity index (χ2n) is 6.45. The molecule has 31 heavy (non-hydrogen) atoms. The zero-order chi connectivity index (χ0) is 23.9. The van der Waals surface area contributed by atoms with Gasteiger partial charge in [0.1, 0.15) is 5.73 Å². The summed E-state index contributed by atoms with van der Waals surface area (Å²) in [6.07, 6.45) is 2.42. The van der Waals surface area contributed by atoms with Crippen molar-refractivity contribution in [1.82, 2.24) is 0 Å². The van der Waals surface area contributed by atoms with Crippen LogP contribution in [0.3, 0.4) is 0 Å². The first-order chi connectivity index (χ1) is 14.7. The van der Waals surface area contributed by atoms with E-state index in [0.717, 1.165) is 6.08 Å². The van der Waals surface area contributed by atoms with Crippen LogP contribution in [0.15, 0.2) is 24.8 Å². The van der Waals surface area contributed by atoms with E-state index < -0.39 is 35.3 Å². The van der Waals surface area contributed by atoms with Crippen LogP contribution >= 0.6 is 0 Å². The van der Waals surface area contributed by atoms with Crippen molar-refractivity contribution in [3.05, 3.63) is 24.8 Å². The molecule has 0 bridgehead atoms. The first-order valence-electron chi connectivity index (χ1n) is 9.75. The molecule has 0 heterocycles. The molecule has 0 aliphatic carbocycles. The molecule has 10 nitrogen and oxygen atoms in total. The summed E-state index contributed by atoms with van der Waals surface area (Å²) in [6.45, 7) is 8.82. The summed E-state index contributed by atoms with van der Waals surface area (Å²) < 4.78 is 44.6. The van der Waals surface area contributed by atoms with E-state index in [2.05, 4.69) is 13.2 Å². The van der Waals surface area contributed by atoms with Crippen LogP contribution in [0.4, 0.5) is 0 Å². The van der Waals surface area contributed by atoms with Gasteiger partial charge in [-0.3, -0.25) is 0 Å². The average molecular weight is 481 g/mol. The second-order valence-corrected chi connectivity index (χ2v) is 12.4. The highest BCUT2D eigenvalue weighted by atomic mass is 28.4. The van der Waals surface area contributed by atoms with Crippen molar-refractivity contribution in [1.29, 1.82) is 0 Å². The normalized spacial score (nSPS) is 12.8. The molecular weight excluding hydrogens is 444 g/mol. The van der Waals surface area contributed by atoms with Crippen LogP contribution in [0.25, 0.3) is 0 Å². The van der Waals surface area contributed by atoms with E-state index in [0.29, 0.717) is 30.9 Å². The predicted octanol–water partition coefficient (Wildman–Crippen LogP) is 2.04. The molecule has 0 radical (unpaired) electrons. The van der Waals surface area contributed by atoms with Gasteiger partial charge in [0.15, 0.2) is 0 Å². The molecule has 0 fully saturated rings. The van der Waals surface area contributed by atoms with Crippen molar-refractivity contribution in [2.75, 3.05) is 48.8 Å². The number of carbonyl (C=O) groups excluding carboxylic acids is 2. The highest BCUT2D eigenvalue weighted by Gasteiger charge is 2.53. The summed E-state index contributed by atoms with van der Waals surface area (Å²) in [5, 5.41) is 0. The van der Waals surface area contributed by atoms with E-state index in [1.54, 1.807) is 6.92 Å². The molecule has 0 aliphatic rings. The third-order valence-corrected chi connectivity index (χ3v) is 10.4. The third kappa shape index (κ3) is 9.74. The predicted molar refractivity (Wildman–Crippen MR) is 117 cm³/mol. The summed E-state index contributed by atoms with van der Waals surface area (Å²) in [6, 6.07) is 0.382. The lowest BCUT2D eigenvalue weighted by Crippen LogP contribution is -2.60. The van der Waals surface area contributed by atoms with Crippen LogP contribution in [0.2, 0.25) is 6.04 Å². The molecule has 0 spiro atoms. The lowest BCUT2D eigenvalue weighted by molar-refractivity contribution is -0.139. The van der Waals surface area contributed by atoms with Gasteiger partial charge in [0.2, 0.25) is 0 Å². The fourth-order valence-electron chi connectivity index (χ4n) is 2.69. The molecule has 1 unspecified atom stereocenters. The quantitative estimate of drug-likeness (QED) is 0.125. The highest BCUT2D eigenvalue weighted by molar-refractivity contribution is 6.66. The Morgan fingerprint density at radius 3 is 1.90 bits per heavy atom. The van der Waals surface area contributed by atoms with E-state index >= 15 is 0 Å². The largest absolute Gasteiger partial charge is 0.529 e. The van der Waals surface area contributed by atoms with Crippen molar-refractivity contribution in [2.24, 2.45) is 0 Å². The zero-order valence-electron chi connectivity index (χ0n) is 19.4. The standard InChI is InChI=1S/C19H36O10Si2/c1-9-17(20)27-13-10-12-18(31(24-6,25-7)26-8)29-30(22-4,23-5)15-11-14-28-19(21)16(2)3/h9,18H,1-2,10-15H2,3-8H3. The van der Waals surface area contributed by atoms with Crippen LogP contribution in [0.5, 0.6) is 0 Å². The maximum Gasteiger partial charge on any atom is 0.529 e. The van der Waals surface area contributed by atoms with Gasteiger partial charge in [0.25, 0.3) is 0 Å². The maximum absolute atomic E-state index is 11.6. The number of hydrogen-bond donors (Lipinski definition) is 0. The molecule has 0 aliphatic heterocycles. The molecule has 0 rings (SSSR count). The topological polar surface area (TPSA) is 108 Å². The van der Waals surface area contributed by atoms with Gasteiger partial charge in [0, 0.05) is 53.2 Å². The van der Waals surface area contributed by atoms with Crippen LogP contribution in [-0.2, 0) is 45.6 Å². The molecule has 0 saturated carbocycles. The van der Waals surface area contributed by atoms with E-state index in [4.69, 9.17) is 36.0 Å². The lowest BCUT2D eigenvalue weighted by Gasteiger charge is -2.37. The molecule has 12 heteroatoms. The highest BCUT2D eigenvalue weighted by Crippen LogP contribution is 2.27. The minimum Gasteiger partial charge on any atom is -0.463 e. The Balaban J connectivity index is 5.30. The number of ether oxygens (including phenoxy) is 2. The van der Waals surface area contributed by atoms with E-state index in [1.807, 2.05) is 0 Å². The summed E-state index contributed by atoms with van der Waals surface area (Å²) in [7, 11) is 0.970. The summed E-state index contributed by atoms with van der Waals surface area (Å²) in [5.74, 6) is -0.965. The zero-order valence-corrected chi connectivity index (χ0v) is 21.4. The molecule has 1 atom stereocenters. The Hall–Kier alpha value is -1.39. The monoisotopic (exact) mass is 480 g/mol. The van der Waals surface area contributed by atoms with Crippen molar-refractivity contribution in [3.63, 3.8) is 0 Å². The molecule has 180 valence electrons. The smallest absolute Gasteiger partial charge is 0.463 e. The second kappa shape index (κ2) is 15.4. The van der Waals surface area contributed by atoms with Gasteiger partial charge >= 0.3 is 29.5 Å². The van der Waals surface area contributed by atoms with E-state index in [-0.39, 0.29) is 13.2 Å². The molecule has 0 aromatic heterocycles. The Kier molecular flexibility index (Phi) is 14.7. The summed E-state index contributed by atoms with van der Waals surface area (Å²) >= 11 is 0. The fourth-order valence-corrected chi connectivity index (χ4v) is 7.67. The Morgan fingerprint density at radius 2 is 1.45 bits per heavy atom. The molecule has 0 N–H and O–H groups in total. The molecule has 0 aromatic carbocycles. The van der Waals surface area contributed by atoms with Gasteiger partial charge < -0.3 is 36.0 Å². The number of hydrogen-bond acceptors (Lipinski definition) is 10. The fraction of sp³-hybridized carbons (Fsp3) is 0.684. The lowest BCUT2D eigenvalue weighted by atomic mass is 10.3. The number of esters is 2. The Bertz CT molecular complexity index is 568. The Labute approximate surface area is 187 Å². The van der Waals surface area contributed by atoms with E-state index in [9.17, 15) is 9.59 Å². The molecule has 0 amide bonds. The van der Waals surface area contributed by atoms with E-state index in [1.165, 1.54) is 35.5 Å². The third-order valence-electron chi connectivity index (χ3n) is 4.42. The van der Waals surface area contributed by atoms with Crippen molar-refractivity contribution in [2.45, 2.75) is 38.0 Å². The van der Waals surface area contributed by atoms with Crippen LogP contribution in [0.1, 0.15) is 26.2 Å². The van der Waals surface area contributed by atoms with Gasteiger partial charge in [-0.25, -0.2) is 9.59 Å². The minimum atomic E-state index is -3.26. The summed E-state index contributed by atoms with van der Waals surface area (Å²) in [4.78, 5) is 22.8. The van der Waals surface area contributed by atoms with Gasteiger partial charge in [-0.05, 0) is 26.2 Å². The Morgan fingerprint density at radius 1 is 0.903 bits per heavy atom. The van der Waals surface area contributed by atoms with Crippen LogP contribution in [0, 0.1) is 0 Å². The SMILES string of the molecule is C=CC(=O)OCCCC(O[Si](CCCOC(=O)C(=C)C)(OC)OC)[Si](OC)(OC)OC. The molecule has 0 aromatic rings. The van der Waals surface area contributed by atoms with Crippen LogP contribution in [-0.4, -0.2) is 84.0 Å². The number of carbonyl (C=O) groups is 2. The van der Waals surface area contributed by atoms with Crippen molar-refractivity contribution in [3.8, 4) is 0 Å².